The van der Waals surface area contributed by atoms with Crippen molar-refractivity contribution in [3.8, 4) is 11.4 Å². The van der Waals surface area contributed by atoms with Crippen molar-refractivity contribution in [1.82, 2.24) is 15.1 Å². The molecular formula is C14H12N4OS. The molecule has 20 heavy (non-hydrogen) atoms. The van der Waals surface area contributed by atoms with Crippen molar-refractivity contribution in [2.45, 2.75) is 10.8 Å². The van der Waals surface area contributed by atoms with Gasteiger partial charge in [-0.25, -0.2) is 4.98 Å². The third-order valence-corrected chi connectivity index (χ3v) is 3.64. The predicted octanol–water partition coefficient (Wildman–Crippen LogP) is 3.01. The molecule has 0 bridgehead atoms. The second-order valence-corrected chi connectivity index (χ2v) is 5.03. The van der Waals surface area contributed by atoms with Gasteiger partial charge in [0, 0.05) is 11.8 Å². The Morgan fingerprint density at radius 3 is 2.75 bits per heavy atom. The normalized spacial score (nSPS) is 10.6. The molecule has 0 aliphatic heterocycles. The highest BCUT2D eigenvalue weighted by atomic mass is 32.2. The molecule has 1 aromatic carbocycles. The number of anilines is 1. The van der Waals surface area contributed by atoms with Crippen molar-refractivity contribution in [3.63, 3.8) is 0 Å². The van der Waals surface area contributed by atoms with Crippen LogP contribution < -0.4 is 5.73 Å². The number of hydrogen-bond donors (Lipinski definition) is 1. The van der Waals surface area contributed by atoms with Crippen molar-refractivity contribution in [3.05, 3.63) is 54.6 Å². The van der Waals surface area contributed by atoms with Crippen LogP contribution in [0.3, 0.4) is 0 Å². The van der Waals surface area contributed by atoms with Gasteiger partial charge in [-0.15, -0.1) is 0 Å². The van der Waals surface area contributed by atoms with Crippen LogP contribution in [0.25, 0.3) is 11.4 Å². The van der Waals surface area contributed by atoms with Gasteiger partial charge >= 0.3 is 0 Å². The lowest BCUT2D eigenvalue weighted by Gasteiger charge is -2.00. The van der Waals surface area contributed by atoms with E-state index >= 15 is 0 Å². The maximum absolute atomic E-state index is 5.83. The summed E-state index contributed by atoms with van der Waals surface area (Å²) in [6.07, 6.45) is 1.71. The fourth-order valence-corrected chi connectivity index (χ4v) is 2.42. The minimum Gasteiger partial charge on any atom is -0.397 e. The zero-order valence-electron chi connectivity index (χ0n) is 10.6. The van der Waals surface area contributed by atoms with E-state index in [-0.39, 0.29) is 0 Å². The van der Waals surface area contributed by atoms with Crippen LogP contribution in [-0.4, -0.2) is 15.1 Å². The highest BCUT2D eigenvalue weighted by Crippen LogP contribution is 2.25. The quantitative estimate of drug-likeness (QED) is 0.742. The van der Waals surface area contributed by atoms with E-state index in [0.29, 0.717) is 23.2 Å². The summed E-state index contributed by atoms with van der Waals surface area (Å²) >= 11 is 1.48. The topological polar surface area (TPSA) is 77.8 Å². The number of benzene rings is 1. The van der Waals surface area contributed by atoms with Crippen molar-refractivity contribution < 1.29 is 4.52 Å². The molecule has 0 fully saturated rings. The first-order chi connectivity index (χ1) is 9.83. The molecule has 0 spiro atoms. The van der Waals surface area contributed by atoms with Gasteiger partial charge in [0.2, 0.25) is 11.7 Å². The summed E-state index contributed by atoms with van der Waals surface area (Å²) in [7, 11) is 0. The smallest absolute Gasteiger partial charge is 0.237 e. The number of thioether (sulfide) groups is 1. The Hall–Kier alpha value is -2.34. The average molecular weight is 284 g/mol. The number of nitrogens with zero attached hydrogens (tertiary/aromatic N) is 3. The number of hydrogen-bond acceptors (Lipinski definition) is 6. The molecule has 2 heterocycles. The largest absolute Gasteiger partial charge is 0.397 e. The molecule has 0 aliphatic rings. The van der Waals surface area contributed by atoms with Gasteiger partial charge in [0.1, 0.15) is 5.03 Å². The maximum Gasteiger partial charge on any atom is 0.237 e. The minimum atomic E-state index is 0.543. The Morgan fingerprint density at radius 2 is 1.95 bits per heavy atom. The molecule has 100 valence electrons. The number of nitrogen functional groups attached to an aromatic ring is 1. The Balaban J connectivity index is 1.71. The summed E-state index contributed by atoms with van der Waals surface area (Å²) in [6.45, 7) is 0. The van der Waals surface area contributed by atoms with E-state index in [2.05, 4.69) is 15.1 Å². The van der Waals surface area contributed by atoms with Crippen molar-refractivity contribution in [2.24, 2.45) is 0 Å². The first kappa shape index (κ1) is 12.7. The molecule has 0 atom stereocenters. The predicted molar refractivity (Wildman–Crippen MR) is 77.9 cm³/mol. The zero-order chi connectivity index (χ0) is 13.8. The van der Waals surface area contributed by atoms with Gasteiger partial charge in [0.25, 0.3) is 0 Å². The maximum atomic E-state index is 5.83. The first-order valence-electron chi connectivity index (χ1n) is 6.04. The zero-order valence-corrected chi connectivity index (χ0v) is 11.4. The van der Waals surface area contributed by atoms with E-state index in [9.17, 15) is 0 Å². The molecule has 0 saturated carbocycles. The van der Waals surface area contributed by atoms with Crippen molar-refractivity contribution in [1.29, 1.82) is 0 Å². The third kappa shape index (κ3) is 2.80. The lowest BCUT2D eigenvalue weighted by molar-refractivity contribution is 0.391. The van der Waals surface area contributed by atoms with E-state index < -0.39 is 0 Å². The summed E-state index contributed by atoms with van der Waals surface area (Å²) in [5, 5.41) is 4.74. The van der Waals surface area contributed by atoms with Gasteiger partial charge < -0.3 is 10.3 Å². The Labute approximate surface area is 120 Å². The highest BCUT2D eigenvalue weighted by Gasteiger charge is 2.09. The SMILES string of the molecule is Nc1cccnc1SCc1nc(-c2ccccc2)no1. The summed E-state index contributed by atoms with van der Waals surface area (Å²) in [5.41, 5.74) is 7.42. The van der Waals surface area contributed by atoms with Gasteiger partial charge in [-0.1, -0.05) is 47.3 Å². The summed E-state index contributed by atoms with van der Waals surface area (Å²) in [4.78, 5) is 8.56. The monoisotopic (exact) mass is 284 g/mol. The van der Waals surface area contributed by atoms with Crippen LogP contribution in [0.1, 0.15) is 5.89 Å². The Bertz CT molecular complexity index is 699. The van der Waals surface area contributed by atoms with E-state index in [0.717, 1.165) is 10.6 Å². The van der Waals surface area contributed by atoms with E-state index in [1.807, 2.05) is 36.4 Å². The minimum absolute atomic E-state index is 0.543. The number of aromatic nitrogens is 3. The Kier molecular flexibility index (Phi) is 3.64. The number of pyridine rings is 1. The molecule has 2 aromatic heterocycles. The van der Waals surface area contributed by atoms with Gasteiger partial charge in [-0.05, 0) is 12.1 Å². The molecule has 0 aliphatic carbocycles. The van der Waals surface area contributed by atoms with E-state index in [4.69, 9.17) is 10.3 Å². The molecule has 0 amide bonds. The van der Waals surface area contributed by atoms with Crippen molar-refractivity contribution >= 4 is 17.4 Å². The summed E-state index contributed by atoms with van der Waals surface area (Å²) in [6, 6.07) is 13.3. The average Bonchev–Trinajstić information content (AvgIpc) is 2.96. The van der Waals surface area contributed by atoms with Gasteiger partial charge in [0.15, 0.2) is 0 Å². The molecule has 0 saturated heterocycles. The molecule has 0 radical (unpaired) electrons. The van der Waals surface area contributed by atoms with Gasteiger partial charge in [-0.3, -0.25) is 0 Å². The van der Waals surface area contributed by atoms with Crippen LogP contribution in [0, 0.1) is 0 Å². The fourth-order valence-electron chi connectivity index (χ4n) is 1.67. The van der Waals surface area contributed by atoms with E-state index in [1.165, 1.54) is 11.8 Å². The first-order valence-corrected chi connectivity index (χ1v) is 7.03. The highest BCUT2D eigenvalue weighted by molar-refractivity contribution is 7.98. The lowest BCUT2D eigenvalue weighted by Crippen LogP contribution is -1.91. The second kappa shape index (κ2) is 5.75. The molecule has 3 aromatic rings. The molecule has 5 nitrogen and oxygen atoms in total. The second-order valence-electron chi connectivity index (χ2n) is 4.06. The molecule has 3 rings (SSSR count). The van der Waals surface area contributed by atoms with Crippen LogP contribution in [0.4, 0.5) is 5.69 Å². The van der Waals surface area contributed by atoms with E-state index in [1.54, 1.807) is 12.3 Å². The van der Waals surface area contributed by atoms with Crippen LogP contribution in [0.15, 0.2) is 58.2 Å². The van der Waals surface area contributed by atoms with Crippen molar-refractivity contribution in [2.75, 3.05) is 5.73 Å². The molecular weight excluding hydrogens is 272 g/mol. The molecule has 0 unspecified atom stereocenters. The van der Waals surface area contributed by atoms with Gasteiger partial charge in [0.05, 0.1) is 11.4 Å². The Morgan fingerprint density at radius 1 is 1.10 bits per heavy atom. The lowest BCUT2D eigenvalue weighted by atomic mass is 10.2. The third-order valence-electron chi connectivity index (χ3n) is 2.63. The van der Waals surface area contributed by atoms with Crippen LogP contribution in [0.2, 0.25) is 0 Å². The van der Waals surface area contributed by atoms with Crippen LogP contribution in [0.5, 0.6) is 0 Å². The van der Waals surface area contributed by atoms with Gasteiger partial charge in [-0.2, -0.15) is 4.98 Å². The summed E-state index contributed by atoms with van der Waals surface area (Å²) < 4.78 is 5.23. The number of nitrogens with two attached hydrogens (primary N) is 1. The van der Waals surface area contributed by atoms with Crippen LogP contribution in [-0.2, 0) is 5.75 Å². The number of rotatable bonds is 4. The molecule has 2 N–H and O–H groups in total. The molecule has 6 heteroatoms. The van der Waals surface area contributed by atoms with Crippen LogP contribution >= 0.6 is 11.8 Å². The summed E-state index contributed by atoms with van der Waals surface area (Å²) in [5.74, 6) is 1.69. The fraction of sp³-hybridized carbons (Fsp3) is 0.0714. The standard InChI is InChI=1S/C14H12N4OS/c15-11-7-4-8-16-14(11)20-9-12-17-13(18-19-12)10-5-2-1-3-6-10/h1-8H,9,15H2.